The van der Waals surface area contributed by atoms with E-state index in [0.717, 1.165) is 0 Å². The first kappa shape index (κ1) is 19.4. The third-order valence-electron chi connectivity index (χ3n) is 4.30. The van der Waals surface area contributed by atoms with Crippen LogP contribution in [0.3, 0.4) is 0 Å². The Morgan fingerprint density at radius 2 is 1.73 bits per heavy atom. The number of hydrogen-bond acceptors (Lipinski definition) is 5. The molecule has 3 aromatic carbocycles. The van der Waals surface area contributed by atoms with Crippen molar-refractivity contribution in [3.8, 4) is 0 Å². The number of benzene rings is 3. The van der Waals surface area contributed by atoms with Gasteiger partial charge in [-0.05, 0) is 42.5 Å². The van der Waals surface area contributed by atoms with Crippen LogP contribution >= 0.6 is 11.6 Å². The highest BCUT2D eigenvalue weighted by Crippen LogP contribution is 2.16. The Morgan fingerprint density at radius 1 is 1.00 bits per heavy atom. The van der Waals surface area contributed by atoms with E-state index in [4.69, 9.17) is 11.6 Å². The predicted molar refractivity (Wildman–Crippen MR) is 119 cm³/mol. The van der Waals surface area contributed by atoms with Crippen molar-refractivity contribution in [3.05, 3.63) is 99.3 Å². The number of nitrogens with one attached hydrogen (secondary N) is 3. The lowest BCUT2D eigenvalue weighted by atomic mass is 10.2. The molecule has 0 bridgehead atoms. The molecule has 0 aliphatic carbocycles. The Morgan fingerprint density at radius 3 is 2.53 bits per heavy atom. The lowest BCUT2D eigenvalue weighted by Gasteiger charge is -2.07. The second-order valence-electron chi connectivity index (χ2n) is 6.35. The van der Waals surface area contributed by atoms with Gasteiger partial charge in [0, 0.05) is 21.8 Å². The molecule has 0 spiro atoms. The lowest BCUT2D eigenvalue weighted by Crippen LogP contribution is -2.17. The fourth-order valence-corrected chi connectivity index (χ4v) is 2.98. The van der Waals surface area contributed by atoms with Gasteiger partial charge in [0.1, 0.15) is 0 Å². The molecule has 0 saturated carbocycles. The number of aromatic nitrogens is 2. The van der Waals surface area contributed by atoms with Crippen molar-refractivity contribution >= 4 is 46.3 Å². The molecule has 0 fully saturated rings. The first-order valence-electron chi connectivity index (χ1n) is 9.04. The van der Waals surface area contributed by atoms with E-state index >= 15 is 0 Å². The number of carbonyl (C=O) groups is 1. The summed E-state index contributed by atoms with van der Waals surface area (Å²) in [5, 5.41) is 8.03. The monoisotopic (exact) mass is 417 g/mol. The Kier molecular flexibility index (Phi) is 5.54. The summed E-state index contributed by atoms with van der Waals surface area (Å²) in [7, 11) is 0. The van der Waals surface area contributed by atoms with Gasteiger partial charge < -0.3 is 5.32 Å². The molecule has 1 heterocycles. The molecule has 1 aromatic heterocycles. The zero-order chi connectivity index (χ0) is 20.9. The molecule has 148 valence electrons. The van der Waals surface area contributed by atoms with Gasteiger partial charge in [-0.25, -0.2) is 10.4 Å². The van der Waals surface area contributed by atoms with Crippen LogP contribution in [0.15, 0.2) is 82.7 Å². The quantitative estimate of drug-likeness (QED) is 0.336. The Hall–Kier alpha value is -3.97. The van der Waals surface area contributed by atoms with E-state index in [1.165, 1.54) is 6.21 Å². The molecule has 30 heavy (non-hydrogen) atoms. The van der Waals surface area contributed by atoms with E-state index in [-0.39, 0.29) is 11.5 Å². The van der Waals surface area contributed by atoms with Crippen LogP contribution in [0, 0.1) is 0 Å². The summed E-state index contributed by atoms with van der Waals surface area (Å²) in [6.45, 7) is 0. The first-order chi connectivity index (χ1) is 14.6. The molecular formula is C22H16ClN5O2. The number of nitrogens with zero attached hydrogens (tertiary/aromatic N) is 2. The molecule has 7 nitrogen and oxygen atoms in total. The summed E-state index contributed by atoms with van der Waals surface area (Å²) in [5.41, 5.74) is 4.63. The SMILES string of the molecule is O=C(N/N=C\c1ccccc1Cl)c1ccc(Nc2nc3ccccc3c(=O)[nH]2)cc1. The number of aromatic amines is 1. The number of hydrazone groups is 1. The molecule has 0 radical (unpaired) electrons. The fraction of sp³-hybridized carbons (Fsp3) is 0. The fourth-order valence-electron chi connectivity index (χ4n) is 2.79. The second-order valence-corrected chi connectivity index (χ2v) is 6.76. The van der Waals surface area contributed by atoms with Crippen LogP contribution in [0.4, 0.5) is 11.6 Å². The van der Waals surface area contributed by atoms with Gasteiger partial charge in [-0.1, -0.05) is 41.9 Å². The van der Waals surface area contributed by atoms with E-state index in [1.807, 2.05) is 18.2 Å². The van der Waals surface area contributed by atoms with Crippen LogP contribution in [0.1, 0.15) is 15.9 Å². The van der Waals surface area contributed by atoms with Gasteiger partial charge in [-0.15, -0.1) is 0 Å². The van der Waals surface area contributed by atoms with Gasteiger partial charge in [0.2, 0.25) is 5.95 Å². The zero-order valence-corrected chi connectivity index (χ0v) is 16.4. The van der Waals surface area contributed by atoms with E-state index in [1.54, 1.807) is 54.6 Å². The molecule has 4 aromatic rings. The smallest absolute Gasteiger partial charge is 0.271 e. The van der Waals surface area contributed by atoms with Gasteiger partial charge in [-0.2, -0.15) is 5.10 Å². The van der Waals surface area contributed by atoms with Crippen LogP contribution in [-0.2, 0) is 0 Å². The lowest BCUT2D eigenvalue weighted by molar-refractivity contribution is 0.0955. The maximum Gasteiger partial charge on any atom is 0.271 e. The summed E-state index contributed by atoms with van der Waals surface area (Å²) >= 11 is 6.04. The first-order valence-corrected chi connectivity index (χ1v) is 9.42. The van der Waals surface area contributed by atoms with E-state index < -0.39 is 0 Å². The van der Waals surface area contributed by atoms with Crippen molar-refractivity contribution < 1.29 is 4.79 Å². The Balaban J connectivity index is 1.43. The number of anilines is 2. The Labute approximate surface area is 176 Å². The number of para-hydroxylation sites is 1. The summed E-state index contributed by atoms with van der Waals surface area (Å²) in [4.78, 5) is 31.5. The maximum atomic E-state index is 12.2. The van der Waals surface area contributed by atoms with Gasteiger partial charge in [0.15, 0.2) is 0 Å². The summed E-state index contributed by atoms with van der Waals surface area (Å²) in [6, 6.07) is 21.0. The molecule has 0 aliphatic heterocycles. The number of amides is 1. The third kappa shape index (κ3) is 4.37. The summed E-state index contributed by atoms with van der Waals surface area (Å²) in [6.07, 6.45) is 1.48. The average Bonchev–Trinajstić information content (AvgIpc) is 2.75. The van der Waals surface area contributed by atoms with E-state index in [2.05, 4.69) is 25.8 Å². The van der Waals surface area contributed by atoms with Crippen LogP contribution in [-0.4, -0.2) is 22.1 Å². The minimum atomic E-state index is -0.359. The molecule has 4 rings (SSSR count). The van der Waals surface area contributed by atoms with Crippen LogP contribution < -0.4 is 16.3 Å². The largest absolute Gasteiger partial charge is 0.326 e. The molecule has 8 heteroatoms. The number of hydrogen-bond donors (Lipinski definition) is 3. The zero-order valence-electron chi connectivity index (χ0n) is 15.6. The number of rotatable bonds is 5. The molecular weight excluding hydrogens is 402 g/mol. The van der Waals surface area contributed by atoms with Crippen molar-refractivity contribution in [1.82, 2.24) is 15.4 Å². The minimum Gasteiger partial charge on any atom is -0.326 e. The van der Waals surface area contributed by atoms with Crippen molar-refractivity contribution in [2.45, 2.75) is 0 Å². The molecule has 0 unspecified atom stereocenters. The van der Waals surface area contributed by atoms with E-state index in [9.17, 15) is 9.59 Å². The summed E-state index contributed by atoms with van der Waals surface area (Å²) < 4.78 is 0. The standard InChI is InChI=1S/C22H16ClN5O2/c23-18-7-3-1-5-15(18)13-24-28-20(29)14-9-11-16(12-10-14)25-22-26-19-8-4-2-6-17(19)21(30)27-22/h1-13H,(H,28,29)(H2,25,26,27,30)/b24-13-. The van der Waals surface area contributed by atoms with Crippen molar-refractivity contribution in [1.29, 1.82) is 0 Å². The maximum absolute atomic E-state index is 12.2. The van der Waals surface area contributed by atoms with Crippen LogP contribution in [0.25, 0.3) is 10.9 Å². The molecule has 1 amide bonds. The topological polar surface area (TPSA) is 99.2 Å². The molecule has 0 atom stereocenters. The third-order valence-corrected chi connectivity index (χ3v) is 4.64. The van der Waals surface area contributed by atoms with Gasteiger partial charge in [0.05, 0.1) is 17.1 Å². The highest BCUT2D eigenvalue weighted by atomic mass is 35.5. The van der Waals surface area contributed by atoms with Crippen molar-refractivity contribution in [2.75, 3.05) is 5.32 Å². The number of carbonyl (C=O) groups excluding carboxylic acids is 1. The van der Waals surface area contributed by atoms with Crippen molar-refractivity contribution in [2.24, 2.45) is 5.10 Å². The van der Waals surface area contributed by atoms with Crippen molar-refractivity contribution in [3.63, 3.8) is 0 Å². The van der Waals surface area contributed by atoms with Gasteiger partial charge in [-0.3, -0.25) is 14.6 Å². The average molecular weight is 418 g/mol. The normalized spacial score (nSPS) is 11.0. The highest BCUT2D eigenvalue weighted by Gasteiger charge is 2.06. The van der Waals surface area contributed by atoms with E-state index in [0.29, 0.717) is 38.7 Å². The second kappa shape index (κ2) is 8.59. The number of H-pyrrole nitrogens is 1. The molecule has 3 N–H and O–H groups in total. The predicted octanol–water partition coefficient (Wildman–Crippen LogP) is 4.08. The van der Waals surface area contributed by atoms with Crippen LogP contribution in [0.2, 0.25) is 5.02 Å². The van der Waals surface area contributed by atoms with Crippen LogP contribution in [0.5, 0.6) is 0 Å². The minimum absolute atomic E-state index is 0.226. The number of halogens is 1. The molecule has 0 saturated heterocycles. The number of fused-ring (bicyclic) bond motifs is 1. The Bertz CT molecular complexity index is 1300. The van der Waals surface area contributed by atoms with Gasteiger partial charge >= 0.3 is 0 Å². The van der Waals surface area contributed by atoms with Gasteiger partial charge in [0.25, 0.3) is 11.5 Å². The summed E-state index contributed by atoms with van der Waals surface area (Å²) in [5.74, 6) is -0.0395. The molecule has 0 aliphatic rings. The highest BCUT2D eigenvalue weighted by molar-refractivity contribution is 6.33.